The van der Waals surface area contributed by atoms with Gasteiger partial charge in [-0.2, -0.15) is 0 Å². The molecule has 1 amide bonds. The summed E-state index contributed by atoms with van der Waals surface area (Å²) in [6.45, 7) is 9.20. The number of carbonyl (C=O) groups is 1. The van der Waals surface area contributed by atoms with Crippen molar-refractivity contribution < 1.29 is 9.21 Å². The van der Waals surface area contributed by atoms with Gasteiger partial charge in [0.05, 0.1) is 6.04 Å². The molecule has 3 aromatic rings. The normalized spacial score (nSPS) is 12.5. The molecule has 3 rings (SSSR count). The van der Waals surface area contributed by atoms with Gasteiger partial charge in [-0.1, -0.05) is 44.2 Å². The van der Waals surface area contributed by atoms with E-state index in [0.29, 0.717) is 5.56 Å². The van der Waals surface area contributed by atoms with Crippen LogP contribution in [0.25, 0.3) is 11.0 Å². The van der Waals surface area contributed by atoms with E-state index in [1.54, 1.807) is 0 Å². The van der Waals surface area contributed by atoms with Gasteiger partial charge in [-0.05, 0) is 49.8 Å². The first-order valence-electron chi connectivity index (χ1n) is 9.21. The Balaban J connectivity index is 1.65. The largest absolute Gasteiger partial charge is 0.459 e. The quantitative estimate of drug-likeness (QED) is 0.668. The van der Waals surface area contributed by atoms with Crippen molar-refractivity contribution in [1.29, 1.82) is 0 Å². The third-order valence-electron chi connectivity index (χ3n) is 4.74. The van der Waals surface area contributed by atoms with Gasteiger partial charge in [0.1, 0.15) is 11.3 Å². The molecule has 136 valence electrons. The van der Waals surface area contributed by atoms with Crippen LogP contribution in [0.15, 0.2) is 59.0 Å². The summed E-state index contributed by atoms with van der Waals surface area (Å²) >= 11 is 0. The molecule has 1 heterocycles. The summed E-state index contributed by atoms with van der Waals surface area (Å²) in [5.41, 5.74) is 2.72. The van der Waals surface area contributed by atoms with E-state index < -0.39 is 0 Å². The van der Waals surface area contributed by atoms with Gasteiger partial charge >= 0.3 is 0 Å². The van der Waals surface area contributed by atoms with Crippen LogP contribution < -0.4 is 5.32 Å². The Kier molecular flexibility index (Phi) is 5.74. The Labute approximate surface area is 154 Å². The van der Waals surface area contributed by atoms with Gasteiger partial charge in [0.15, 0.2) is 0 Å². The zero-order chi connectivity index (χ0) is 18.5. The summed E-state index contributed by atoms with van der Waals surface area (Å²) in [7, 11) is 0. The lowest BCUT2D eigenvalue weighted by Crippen LogP contribution is -2.26. The highest BCUT2D eigenvalue weighted by atomic mass is 16.3. The van der Waals surface area contributed by atoms with Gasteiger partial charge in [-0.3, -0.25) is 9.69 Å². The maximum atomic E-state index is 12.5. The Morgan fingerprint density at radius 2 is 1.77 bits per heavy atom. The third kappa shape index (κ3) is 4.14. The number of para-hydroxylation sites is 1. The number of nitrogens with zero attached hydrogens (tertiary/aromatic N) is 1. The highest BCUT2D eigenvalue weighted by molar-refractivity contribution is 5.94. The molecule has 4 heteroatoms. The molecular formula is C22H26N2O2. The number of carbonyl (C=O) groups excluding carboxylic acids is 1. The molecule has 1 aromatic heterocycles. The topological polar surface area (TPSA) is 45.5 Å². The molecule has 0 saturated heterocycles. The lowest BCUT2D eigenvalue weighted by Gasteiger charge is -2.18. The minimum Gasteiger partial charge on any atom is -0.459 e. The summed E-state index contributed by atoms with van der Waals surface area (Å²) in [6, 6.07) is 17.5. The molecule has 0 spiro atoms. The smallest absolute Gasteiger partial charge is 0.251 e. The molecule has 0 aliphatic rings. The van der Waals surface area contributed by atoms with Crippen molar-refractivity contribution in [2.45, 2.75) is 33.4 Å². The molecule has 1 unspecified atom stereocenters. The van der Waals surface area contributed by atoms with E-state index in [1.807, 2.05) is 61.5 Å². The average Bonchev–Trinajstić information content (AvgIpc) is 3.11. The van der Waals surface area contributed by atoms with Gasteiger partial charge < -0.3 is 9.73 Å². The molecule has 1 atom stereocenters. The van der Waals surface area contributed by atoms with E-state index in [4.69, 9.17) is 4.42 Å². The second kappa shape index (κ2) is 8.19. The molecule has 0 radical (unpaired) electrons. The zero-order valence-corrected chi connectivity index (χ0v) is 15.7. The minimum atomic E-state index is -0.190. The van der Waals surface area contributed by atoms with Crippen LogP contribution in [0.1, 0.15) is 48.5 Å². The Hall–Kier alpha value is -2.59. The van der Waals surface area contributed by atoms with Crippen molar-refractivity contribution in [3.05, 3.63) is 71.5 Å². The van der Waals surface area contributed by atoms with Crippen LogP contribution in [0.3, 0.4) is 0 Å². The van der Waals surface area contributed by atoms with Gasteiger partial charge in [0.25, 0.3) is 5.91 Å². The minimum absolute atomic E-state index is 0.0904. The van der Waals surface area contributed by atoms with Crippen molar-refractivity contribution in [2.75, 3.05) is 13.1 Å². The maximum Gasteiger partial charge on any atom is 0.251 e. The van der Waals surface area contributed by atoms with Gasteiger partial charge in [-0.25, -0.2) is 0 Å². The lowest BCUT2D eigenvalue weighted by molar-refractivity contribution is 0.0935. The highest BCUT2D eigenvalue weighted by Gasteiger charge is 2.15. The summed E-state index contributed by atoms with van der Waals surface area (Å²) in [5.74, 6) is 0.671. The molecule has 0 aliphatic carbocycles. The number of hydrogen-bond donors (Lipinski definition) is 1. The van der Waals surface area contributed by atoms with Crippen LogP contribution in [0.2, 0.25) is 0 Å². The SMILES string of the molecule is CCN(CC)Cc1ccc(C(=O)NC(C)c2cc3ccccc3o2)cc1. The average molecular weight is 350 g/mol. The maximum absolute atomic E-state index is 12.5. The van der Waals surface area contributed by atoms with Gasteiger partial charge in [-0.15, -0.1) is 0 Å². The van der Waals surface area contributed by atoms with Crippen LogP contribution in [-0.2, 0) is 6.54 Å². The fourth-order valence-electron chi connectivity index (χ4n) is 3.03. The predicted molar refractivity (Wildman–Crippen MR) is 105 cm³/mol. The first kappa shape index (κ1) is 18.2. The number of hydrogen-bond acceptors (Lipinski definition) is 3. The molecule has 2 aromatic carbocycles. The molecule has 4 nitrogen and oxygen atoms in total. The van der Waals surface area contributed by atoms with Crippen molar-refractivity contribution in [3.8, 4) is 0 Å². The van der Waals surface area contributed by atoms with Crippen LogP contribution >= 0.6 is 0 Å². The van der Waals surface area contributed by atoms with E-state index in [9.17, 15) is 4.79 Å². The van der Waals surface area contributed by atoms with Crippen molar-refractivity contribution in [3.63, 3.8) is 0 Å². The number of nitrogens with one attached hydrogen (secondary N) is 1. The number of fused-ring (bicyclic) bond motifs is 1. The fourth-order valence-corrected chi connectivity index (χ4v) is 3.03. The predicted octanol–water partition coefficient (Wildman–Crippen LogP) is 4.77. The van der Waals surface area contributed by atoms with Crippen molar-refractivity contribution in [2.24, 2.45) is 0 Å². The summed E-state index contributed by atoms with van der Waals surface area (Å²) in [5, 5.41) is 4.06. The van der Waals surface area contributed by atoms with Crippen LogP contribution in [-0.4, -0.2) is 23.9 Å². The fraction of sp³-hybridized carbons (Fsp3) is 0.318. The van der Waals surface area contributed by atoms with E-state index in [2.05, 4.69) is 24.1 Å². The molecule has 1 N–H and O–H groups in total. The first-order chi connectivity index (χ1) is 12.6. The number of rotatable bonds is 7. The van der Waals surface area contributed by atoms with Crippen LogP contribution in [0.5, 0.6) is 0 Å². The first-order valence-corrected chi connectivity index (χ1v) is 9.21. The number of furan rings is 1. The monoisotopic (exact) mass is 350 g/mol. The van der Waals surface area contributed by atoms with Gasteiger partial charge in [0.2, 0.25) is 0 Å². The molecule has 26 heavy (non-hydrogen) atoms. The standard InChI is InChI=1S/C22H26N2O2/c1-4-24(5-2)15-17-10-12-18(13-11-17)22(25)23-16(3)21-14-19-8-6-7-9-20(19)26-21/h6-14,16H,4-5,15H2,1-3H3,(H,23,25). The second-order valence-electron chi connectivity index (χ2n) is 6.54. The third-order valence-corrected chi connectivity index (χ3v) is 4.74. The second-order valence-corrected chi connectivity index (χ2v) is 6.54. The van der Waals surface area contributed by atoms with Gasteiger partial charge in [0, 0.05) is 17.5 Å². The number of amides is 1. The molecule has 0 saturated carbocycles. The zero-order valence-electron chi connectivity index (χ0n) is 15.7. The van der Waals surface area contributed by atoms with E-state index >= 15 is 0 Å². The summed E-state index contributed by atoms with van der Waals surface area (Å²) in [6.07, 6.45) is 0. The van der Waals surface area contributed by atoms with Crippen molar-refractivity contribution in [1.82, 2.24) is 10.2 Å². The summed E-state index contributed by atoms with van der Waals surface area (Å²) in [4.78, 5) is 14.9. The highest BCUT2D eigenvalue weighted by Crippen LogP contribution is 2.23. The molecule has 0 fully saturated rings. The Morgan fingerprint density at radius 1 is 1.08 bits per heavy atom. The Bertz CT molecular complexity index is 830. The van der Waals surface area contributed by atoms with Crippen LogP contribution in [0, 0.1) is 0 Å². The molecule has 0 bridgehead atoms. The van der Waals surface area contributed by atoms with Crippen molar-refractivity contribution >= 4 is 16.9 Å². The van der Waals surface area contributed by atoms with E-state index in [-0.39, 0.29) is 11.9 Å². The summed E-state index contributed by atoms with van der Waals surface area (Å²) < 4.78 is 5.83. The molecule has 0 aliphatic heterocycles. The number of benzene rings is 2. The van der Waals surface area contributed by atoms with E-state index in [1.165, 1.54) is 5.56 Å². The molecular weight excluding hydrogens is 324 g/mol. The Morgan fingerprint density at radius 3 is 2.42 bits per heavy atom. The van der Waals surface area contributed by atoms with Crippen LogP contribution in [0.4, 0.5) is 0 Å². The lowest BCUT2D eigenvalue weighted by atomic mass is 10.1. The van der Waals surface area contributed by atoms with E-state index in [0.717, 1.165) is 36.4 Å².